The summed E-state index contributed by atoms with van der Waals surface area (Å²) in [6, 6.07) is 0.360. The highest BCUT2D eigenvalue weighted by Gasteiger charge is 2.34. The molecule has 1 aliphatic heterocycles. The van der Waals surface area contributed by atoms with Gasteiger partial charge >= 0.3 is 0 Å². The highest BCUT2D eigenvalue weighted by Crippen LogP contribution is 2.22. The molecule has 16 heavy (non-hydrogen) atoms. The minimum absolute atomic E-state index is 0.155. The van der Waals surface area contributed by atoms with E-state index in [4.69, 9.17) is 4.74 Å². The zero-order valence-corrected chi connectivity index (χ0v) is 11.7. The summed E-state index contributed by atoms with van der Waals surface area (Å²) in [5, 5.41) is 3.85. The van der Waals surface area contributed by atoms with Crippen molar-refractivity contribution < 1.29 is 8.95 Å². The van der Waals surface area contributed by atoms with Gasteiger partial charge in [-0.15, -0.1) is 0 Å². The lowest BCUT2D eigenvalue weighted by Crippen LogP contribution is -2.43. The molecule has 0 radical (unpaired) electrons. The molecule has 0 amide bonds. The quantitative estimate of drug-likeness (QED) is 0.776. The first-order valence-electron chi connectivity index (χ1n) is 6.36. The lowest BCUT2D eigenvalue weighted by Gasteiger charge is -2.26. The molecule has 1 N–H and O–H groups in total. The third-order valence-corrected chi connectivity index (χ3v) is 5.72. The van der Waals surface area contributed by atoms with E-state index < -0.39 is 10.8 Å². The molecule has 0 aromatic rings. The van der Waals surface area contributed by atoms with Crippen LogP contribution in [0.2, 0.25) is 0 Å². The van der Waals surface area contributed by atoms with E-state index >= 15 is 0 Å². The van der Waals surface area contributed by atoms with Gasteiger partial charge in [0.05, 0.1) is 11.4 Å². The zero-order valence-electron chi connectivity index (χ0n) is 10.9. The molecule has 1 fully saturated rings. The Labute approximate surface area is 102 Å². The molecular weight excluding hydrogens is 222 g/mol. The van der Waals surface area contributed by atoms with Gasteiger partial charge in [0, 0.05) is 28.7 Å². The topological polar surface area (TPSA) is 38.3 Å². The summed E-state index contributed by atoms with van der Waals surface area (Å²) < 4.78 is 17.9. The molecule has 0 aromatic carbocycles. The molecule has 0 aliphatic carbocycles. The molecule has 96 valence electrons. The molecule has 0 bridgehead atoms. The lowest BCUT2D eigenvalue weighted by atomic mass is 10.1. The smallest absolute Gasteiger partial charge is 0.0691 e. The van der Waals surface area contributed by atoms with Crippen molar-refractivity contribution in [1.82, 2.24) is 5.32 Å². The van der Waals surface area contributed by atoms with Crippen molar-refractivity contribution >= 4 is 10.8 Å². The van der Waals surface area contributed by atoms with Crippen molar-refractivity contribution in [3.8, 4) is 0 Å². The number of rotatable bonds is 6. The van der Waals surface area contributed by atoms with Crippen molar-refractivity contribution in [2.24, 2.45) is 0 Å². The lowest BCUT2D eigenvalue weighted by molar-refractivity contribution is 0.126. The fourth-order valence-electron chi connectivity index (χ4n) is 2.36. The first kappa shape index (κ1) is 14.1. The summed E-state index contributed by atoms with van der Waals surface area (Å²) in [6.07, 6.45) is 2.13. The summed E-state index contributed by atoms with van der Waals surface area (Å²) >= 11 is 0. The molecule has 4 heteroatoms. The fraction of sp³-hybridized carbons (Fsp3) is 1.00. The molecule has 1 heterocycles. The Kier molecular flexibility index (Phi) is 5.94. The van der Waals surface area contributed by atoms with Crippen molar-refractivity contribution in [1.29, 1.82) is 0 Å². The van der Waals surface area contributed by atoms with E-state index in [-0.39, 0.29) is 16.6 Å². The normalized spacial score (nSPS) is 31.2. The van der Waals surface area contributed by atoms with Gasteiger partial charge in [-0.05, 0) is 33.2 Å². The van der Waals surface area contributed by atoms with Gasteiger partial charge in [-0.25, -0.2) is 0 Å². The van der Waals surface area contributed by atoms with Crippen LogP contribution in [-0.2, 0) is 15.5 Å². The Morgan fingerprint density at radius 3 is 2.62 bits per heavy atom. The van der Waals surface area contributed by atoms with Gasteiger partial charge < -0.3 is 10.1 Å². The Balaban J connectivity index is 2.57. The first-order chi connectivity index (χ1) is 7.61. The Hall–Kier alpha value is 0.0700. The zero-order chi connectivity index (χ0) is 12.1. The van der Waals surface area contributed by atoms with E-state index in [0.29, 0.717) is 6.04 Å². The molecule has 5 atom stereocenters. The molecule has 0 saturated carbocycles. The van der Waals surface area contributed by atoms with E-state index in [1.54, 1.807) is 0 Å². The number of nitrogens with one attached hydrogen (secondary N) is 1. The van der Waals surface area contributed by atoms with Crippen LogP contribution in [0.3, 0.4) is 0 Å². The minimum atomic E-state index is -0.789. The predicted octanol–water partition coefficient (Wildman–Crippen LogP) is 1.69. The highest BCUT2D eigenvalue weighted by atomic mass is 32.2. The van der Waals surface area contributed by atoms with Gasteiger partial charge in [-0.3, -0.25) is 4.21 Å². The van der Waals surface area contributed by atoms with Crippen LogP contribution >= 0.6 is 0 Å². The standard InChI is InChI=1S/C12H25NO2S/c1-5-11(13-6-2)10(4)16(14)12-7-8-15-9(12)3/h9-13H,5-8H2,1-4H3. The van der Waals surface area contributed by atoms with Crippen LogP contribution in [-0.4, -0.2) is 40.0 Å². The van der Waals surface area contributed by atoms with Gasteiger partial charge in [-0.1, -0.05) is 13.8 Å². The van der Waals surface area contributed by atoms with E-state index in [1.165, 1.54) is 0 Å². The second-order valence-corrected chi connectivity index (χ2v) is 6.52. The molecule has 0 spiro atoms. The number of ether oxygens (including phenoxy) is 1. The predicted molar refractivity (Wildman–Crippen MR) is 69.2 cm³/mol. The van der Waals surface area contributed by atoms with Gasteiger partial charge in [0.25, 0.3) is 0 Å². The van der Waals surface area contributed by atoms with Crippen LogP contribution < -0.4 is 5.32 Å². The molecule has 1 rings (SSSR count). The molecular formula is C12H25NO2S. The maximum atomic E-state index is 12.4. The average molecular weight is 247 g/mol. The van der Waals surface area contributed by atoms with E-state index in [0.717, 1.165) is 26.0 Å². The third-order valence-electron chi connectivity index (χ3n) is 3.44. The summed E-state index contributed by atoms with van der Waals surface area (Å²) in [5.74, 6) is 0. The first-order valence-corrected chi connectivity index (χ1v) is 7.63. The summed E-state index contributed by atoms with van der Waals surface area (Å²) in [5.41, 5.74) is 0. The summed E-state index contributed by atoms with van der Waals surface area (Å²) in [6.45, 7) is 10.1. The maximum Gasteiger partial charge on any atom is 0.0691 e. The molecule has 3 nitrogen and oxygen atoms in total. The molecule has 5 unspecified atom stereocenters. The van der Waals surface area contributed by atoms with Gasteiger partial charge in [0.15, 0.2) is 0 Å². The molecule has 0 aromatic heterocycles. The fourth-order valence-corrected chi connectivity index (χ4v) is 4.31. The Bertz CT molecular complexity index is 235. The highest BCUT2D eigenvalue weighted by molar-refractivity contribution is 7.86. The minimum Gasteiger partial charge on any atom is -0.377 e. The van der Waals surface area contributed by atoms with E-state index in [9.17, 15) is 4.21 Å². The van der Waals surface area contributed by atoms with Gasteiger partial charge in [0.2, 0.25) is 0 Å². The van der Waals surface area contributed by atoms with Gasteiger partial charge in [0.1, 0.15) is 0 Å². The summed E-state index contributed by atoms with van der Waals surface area (Å²) in [4.78, 5) is 0. The van der Waals surface area contributed by atoms with Crippen molar-refractivity contribution in [3.63, 3.8) is 0 Å². The monoisotopic (exact) mass is 247 g/mol. The van der Waals surface area contributed by atoms with E-state index in [1.807, 2.05) is 6.92 Å². The Morgan fingerprint density at radius 1 is 1.50 bits per heavy atom. The van der Waals surface area contributed by atoms with E-state index in [2.05, 4.69) is 26.1 Å². The second kappa shape index (κ2) is 6.72. The van der Waals surface area contributed by atoms with Crippen molar-refractivity contribution in [3.05, 3.63) is 0 Å². The van der Waals surface area contributed by atoms with Crippen LogP contribution in [0.4, 0.5) is 0 Å². The molecule has 1 saturated heterocycles. The SMILES string of the molecule is CCNC(CC)C(C)S(=O)C1CCOC1C. The third kappa shape index (κ3) is 3.28. The van der Waals surface area contributed by atoms with Gasteiger partial charge in [-0.2, -0.15) is 0 Å². The number of hydrogen-bond acceptors (Lipinski definition) is 3. The Morgan fingerprint density at radius 2 is 2.19 bits per heavy atom. The number of hydrogen-bond donors (Lipinski definition) is 1. The molecule has 1 aliphatic rings. The van der Waals surface area contributed by atoms with Crippen LogP contribution in [0, 0.1) is 0 Å². The van der Waals surface area contributed by atoms with Crippen molar-refractivity contribution in [2.75, 3.05) is 13.2 Å². The van der Waals surface area contributed by atoms with Crippen LogP contribution in [0.15, 0.2) is 0 Å². The maximum absolute atomic E-state index is 12.4. The second-order valence-electron chi connectivity index (χ2n) is 4.51. The van der Waals surface area contributed by atoms with Crippen LogP contribution in [0.5, 0.6) is 0 Å². The van der Waals surface area contributed by atoms with Crippen molar-refractivity contribution in [2.45, 2.75) is 63.2 Å². The largest absolute Gasteiger partial charge is 0.377 e. The average Bonchev–Trinajstić information content (AvgIpc) is 2.70. The summed E-state index contributed by atoms with van der Waals surface area (Å²) in [7, 11) is -0.789. The van der Waals surface area contributed by atoms with Crippen LogP contribution in [0.1, 0.15) is 40.5 Å². The van der Waals surface area contributed by atoms with Crippen LogP contribution in [0.25, 0.3) is 0 Å².